The van der Waals surface area contributed by atoms with Crippen LogP contribution in [0.5, 0.6) is 5.75 Å². The van der Waals surface area contributed by atoms with Crippen molar-refractivity contribution in [2.45, 2.75) is 38.6 Å². The van der Waals surface area contributed by atoms with Crippen molar-refractivity contribution >= 4 is 52.2 Å². The second-order valence-corrected chi connectivity index (χ2v) is 8.17. The summed E-state index contributed by atoms with van der Waals surface area (Å²) in [6.07, 6.45) is 3.84. The Bertz CT molecular complexity index is 808. The minimum absolute atomic E-state index is 0.126. The summed E-state index contributed by atoms with van der Waals surface area (Å²) in [7, 11) is 1.59. The molecule has 1 aliphatic rings. The molecule has 1 unspecified atom stereocenters. The van der Waals surface area contributed by atoms with E-state index in [0.717, 1.165) is 11.3 Å². The zero-order valence-electron chi connectivity index (χ0n) is 16.3. The van der Waals surface area contributed by atoms with Gasteiger partial charge in [0.25, 0.3) is 5.91 Å². The van der Waals surface area contributed by atoms with Crippen molar-refractivity contribution in [3.05, 3.63) is 34.7 Å². The van der Waals surface area contributed by atoms with Gasteiger partial charge in [-0.2, -0.15) is 0 Å². The summed E-state index contributed by atoms with van der Waals surface area (Å²) in [5.41, 5.74) is 0.838. The number of thiocarbonyl (C=S) groups is 1. The second kappa shape index (κ2) is 11.0. The standard InChI is InChI=1S/C20H24N2O5S2/c1-13(18(25)21-11-5-3-4-6-17(23)24)22-19(26)16(29-20(22)28)12-14-7-9-15(27-2)10-8-14/h7-10,12-13H,3-6,11H2,1-2H3,(H,21,25)(H,23,24)/b16-12-. The van der Waals surface area contributed by atoms with Crippen molar-refractivity contribution in [2.75, 3.05) is 13.7 Å². The molecule has 1 heterocycles. The third-order valence-electron chi connectivity index (χ3n) is 4.37. The lowest BCUT2D eigenvalue weighted by Crippen LogP contribution is -2.47. The summed E-state index contributed by atoms with van der Waals surface area (Å²) >= 11 is 6.48. The highest BCUT2D eigenvalue weighted by molar-refractivity contribution is 8.26. The molecule has 1 saturated heterocycles. The number of carboxylic acid groups (broad SMARTS) is 1. The highest BCUT2D eigenvalue weighted by Gasteiger charge is 2.38. The molecule has 0 spiro atoms. The summed E-state index contributed by atoms with van der Waals surface area (Å²) in [5, 5.41) is 11.4. The molecule has 1 aromatic rings. The molecule has 0 bridgehead atoms. The first-order valence-corrected chi connectivity index (χ1v) is 10.5. The van der Waals surface area contributed by atoms with Crippen LogP contribution in [0.25, 0.3) is 6.08 Å². The Morgan fingerprint density at radius 2 is 1.97 bits per heavy atom. The highest BCUT2D eigenvalue weighted by Crippen LogP contribution is 2.34. The predicted octanol–water partition coefficient (Wildman–Crippen LogP) is 3.05. The second-order valence-electron chi connectivity index (χ2n) is 6.50. The van der Waals surface area contributed by atoms with Crippen molar-refractivity contribution in [1.29, 1.82) is 0 Å². The van der Waals surface area contributed by atoms with E-state index in [-0.39, 0.29) is 18.2 Å². The molecule has 0 aromatic heterocycles. The summed E-state index contributed by atoms with van der Waals surface area (Å²) in [6.45, 7) is 2.07. The van der Waals surface area contributed by atoms with Crippen molar-refractivity contribution in [3.8, 4) is 5.75 Å². The minimum Gasteiger partial charge on any atom is -0.497 e. The van der Waals surface area contributed by atoms with Gasteiger partial charge in [0.05, 0.1) is 12.0 Å². The van der Waals surface area contributed by atoms with E-state index in [0.29, 0.717) is 35.0 Å². The SMILES string of the molecule is COc1ccc(/C=C2\SC(=S)N(C(C)C(=O)NCCCCCC(=O)O)C2=O)cc1. The third-order valence-corrected chi connectivity index (χ3v) is 5.70. The zero-order valence-corrected chi connectivity index (χ0v) is 18.0. The van der Waals surface area contributed by atoms with Crippen LogP contribution in [-0.2, 0) is 14.4 Å². The third kappa shape index (κ3) is 6.57. The van der Waals surface area contributed by atoms with Gasteiger partial charge >= 0.3 is 5.97 Å². The van der Waals surface area contributed by atoms with Gasteiger partial charge in [-0.25, -0.2) is 0 Å². The number of methoxy groups -OCH3 is 1. The Morgan fingerprint density at radius 1 is 1.28 bits per heavy atom. The molecule has 1 aliphatic heterocycles. The summed E-state index contributed by atoms with van der Waals surface area (Å²) < 4.78 is 5.47. The average Bonchev–Trinajstić information content (AvgIpc) is 2.97. The maximum Gasteiger partial charge on any atom is 0.303 e. The fraction of sp³-hybridized carbons (Fsp3) is 0.400. The zero-order chi connectivity index (χ0) is 21.4. The molecule has 2 rings (SSSR count). The summed E-state index contributed by atoms with van der Waals surface area (Å²) in [6, 6.07) is 6.57. The number of hydrogen-bond donors (Lipinski definition) is 2. The van der Waals surface area contributed by atoms with E-state index in [4.69, 9.17) is 22.1 Å². The Balaban J connectivity index is 1.91. The van der Waals surface area contributed by atoms with Crippen LogP contribution in [0.1, 0.15) is 38.2 Å². The van der Waals surface area contributed by atoms with E-state index < -0.39 is 12.0 Å². The number of carboxylic acids is 1. The number of unbranched alkanes of at least 4 members (excludes halogenated alkanes) is 2. The topological polar surface area (TPSA) is 95.9 Å². The summed E-state index contributed by atoms with van der Waals surface area (Å²) in [4.78, 5) is 37.4. The number of rotatable bonds is 10. The fourth-order valence-corrected chi connectivity index (χ4v) is 4.14. The maximum atomic E-state index is 12.8. The van der Waals surface area contributed by atoms with E-state index in [1.807, 2.05) is 12.1 Å². The van der Waals surface area contributed by atoms with Crippen LogP contribution in [0.3, 0.4) is 0 Å². The van der Waals surface area contributed by atoms with Gasteiger partial charge in [0.15, 0.2) is 0 Å². The highest BCUT2D eigenvalue weighted by atomic mass is 32.2. The number of benzene rings is 1. The lowest BCUT2D eigenvalue weighted by atomic mass is 10.2. The molecular formula is C20H24N2O5S2. The monoisotopic (exact) mass is 436 g/mol. The normalized spacial score (nSPS) is 16.2. The van der Waals surface area contributed by atoms with Gasteiger partial charge in [0, 0.05) is 13.0 Å². The number of nitrogens with zero attached hydrogens (tertiary/aromatic N) is 1. The van der Waals surface area contributed by atoms with E-state index >= 15 is 0 Å². The molecule has 2 amide bonds. The van der Waals surface area contributed by atoms with Crippen molar-refractivity contribution in [1.82, 2.24) is 10.2 Å². The minimum atomic E-state index is -0.820. The first-order chi connectivity index (χ1) is 13.8. The van der Waals surface area contributed by atoms with Gasteiger partial charge in [0.2, 0.25) is 5.91 Å². The lowest BCUT2D eigenvalue weighted by Gasteiger charge is -2.22. The number of amides is 2. The van der Waals surface area contributed by atoms with Gasteiger partial charge < -0.3 is 15.2 Å². The quantitative estimate of drug-likeness (QED) is 0.331. The molecule has 0 saturated carbocycles. The fourth-order valence-electron chi connectivity index (χ4n) is 2.72. The number of ether oxygens (including phenoxy) is 1. The predicted molar refractivity (Wildman–Crippen MR) is 117 cm³/mol. The first-order valence-electron chi connectivity index (χ1n) is 9.24. The van der Waals surface area contributed by atoms with Crippen LogP contribution in [0.15, 0.2) is 29.2 Å². The molecule has 0 radical (unpaired) electrons. The van der Waals surface area contributed by atoms with E-state index in [1.54, 1.807) is 32.2 Å². The molecular weight excluding hydrogens is 412 g/mol. The van der Waals surface area contributed by atoms with Gasteiger partial charge in [-0.15, -0.1) is 0 Å². The number of thioether (sulfide) groups is 1. The number of aliphatic carboxylic acids is 1. The molecule has 1 atom stereocenters. The largest absolute Gasteiger partial charge is 0.497 e. The van der Waals surface area contributed by atoms with Crippen LogP contribution >= 0.6 is 24.0 Å². The van der Waals surface area contributed by atoms with Gasteiger partial charge in [-0.1, -0.05) is 42.5 Å². The number of carbonyl (C=O) groups is 3. The van der Waals surface area contributed by atoms with E-state index in [1.165, 1.54) is 16.7 Å². The molecule has 2 N–H and O–H groups in total. The van der Waals surface area contributed by atoms with Crippen LogP contribution in [-0.4, -0.2) is 51.8 Å². The van der Waals surface area contributed by atoms with Gasteiger partial charge in [-0.3, -0.25) is 19.3 Å². The molecule has 29 heavy (non-hydrogen) atoms. The Kier molecular flexibility index (Phi) is 8.66. The first kappa shape index (κ1) is 22.9. The molecule has 1 fully saturated rings. The van der Waals surface area contributed by atoms with E-state index in [2.05, 4.69) is 5.32 Å². The Labute approximate surface area is 179 Å². The number of nitrogens with one attached hydrogen (secondary N) is 1. The van der Waals surface area contributed by atoms with Gasteiger partial charge in [0.1, 0.15) is 16.1 Å². The molecule has 0 aliphatic carbocycles. The molecule has 156 valence electrons. The van der Waals surface area contributed by atoms with Gasteiger partial charge in [-0.05, 0) is 43.5 Å². The summed E-state index contributed by atoms with van der Waals surface area (Å²) in [5.74, 6) is -0.673. The van der Waals surface area contributed by atoms with Crippen molar-refractivity contribution in [3.63, 3.8) is 0 Å². The molecule has 9 heteroatoms. The smallest absolute Gasteiger partial charge is 0.303 e. The number of hydrogen-bond acceptors (Lipinski definition) is 6. The lowest BCUT2D eigenvalue weighted by molar-refractivity contribution is -0.137. The van der Waals surface area contributed by atoms with Crippen LogP contribution in [0.4, 0.5) is 0 Å². The maximum absolute atomic E-state index is 12.8. The van der Waals surface area contributed by atoms with Crippen molar-refractivity contribution < 1.29 is 24.2 Å². The number of carbonyl (C=O) groups excluding carboxylic acids is 2. The Hall–Kier alpha value is -2.39. The van der Waals surface area contributed by atoms with Crippen LogP contribution < -0.4 is 10.1 Å². The van der Waals surface area contributed by atoms with Crippen molar-refractivity contribution in [2.24, 2.45) is 0 Å². The molecule has 1 aromatic carbocycles. The molecule has 7 nitrogen and oxygen atoms in total. The Morgan fingerprint density at radius 3 is 2.59 bits per heavy atom. The van der Waals surface area contributed by atoms with Crippen LogP contribution in [0, 0.1) is 0 Å². The van der Waals surface area contributed by atoms with Crippen LogP contribution in [0.2, 0.25) is 0 Å². The van der Waals surface area contributed by atoms with E-state index in [9.17, 15) is 14.4 Å². The average molecular weight is 437 g/mol.